The van der Waals surface area contributed by atoms with Crippen LogP contribution in [0.5, 0.6) is 0 Å². The molecule has 3 heteroatoms. The molecule has 2 N–H and O–H groups in total. The standard InChI is InChI=1S/C15H21NO2/c1-11-8-9-12(16)10-14(11)15(17)18-13-6-4-2-3-5-7-13/h8-10,13H,2-7,16H2,1H3. The van der Waals surface area contributed by atoms with Crippen molar-refractivity contribution >= 4 is 11.7 Å². The lowest BCUT2D eigenvalue weighted by molar-refractivity contribution is 0.0266. The maximum absolute atomic E-state index is 12.1. The van der Waals surface area contributed by atoms with E-state index < -0.39 is 0 Å². The van der Waals surface area contributed by atoms with Gasteiger partial charge >= 0.3 is 5.97 Å². The minimum atomic E-state index is -0.230. The van der Waals surface area contributed by atoms with E-state index in [4.69, 9.17) is 10.5 Å². The zero-order valence-corrected chi connectivity index (χ0v) is 10.9. The van der Waals surface area contributed by atoms with E-state index >= 15 is 0 Å². The lowest BCUT2D eigenvalue weighted by Crippen LogP contribution is -2.18. The zero-order chi connectivity index (χ0) is 13.0. The number of anilines is 1. The quantitative estimate of drug-likeness (QED) is 0.494. The third kappa shape index (κ3) is 3.25. The Morgan fingerprint density at radius 3 is 2.56 bits per heavy atom. The van der Waals surface area contributed by atoms with Crippen LogP contribution in [0.1, 0.15) is 54.4 Å². The largest absolute Gasteiger partial charge is 0.459 e. The highest BCUT2D eigenvalue weighted by atomic mass is 16.5. The molecular formula is C15H21NO2. The molecular weight excluding hydrogens is 226 g/mol. The first kappa shape index (κ1) is 12.9. The van der Waals surface area contributed by atoms with Crippen LogP contribution >= 0.6 is 0 Å². The van der Waals surface area contributed by atoms with Crippen LogP contribution in [0.25, 0.3) is 0 Å². The first-order valence-corrected chi connectivity index (χ1v) is 6.74. The molecule has 1 saturated carbocycles. The van der Waals surface area contributed by atoms with E-state index in [1.807, 2.05) is 13.0 Å². The number of rotatable bonds is 2. The zero-order valence-electron chi connectivity index (χ0n) is 10.9. The van der Waals surface area contributed by atoms with E-state index in [1.165, 1.54) is 12.8 Å². The number of nitrogens with two attached hydrogens (primary N) is 1. The molecule has 0 aromatic heterocycles. The summed E-state index contributed by atoms with van der Waals surface area (Å²) in [7, 11) is 0. The van der Waals surface area contributed by atoms with Crippen molar-refractivity contribution < 1.29 is 9.53 Å². The van der Waals surface area contributed by atoms with Gasteiger partial charge < -0.3 is 10.5 Å². The first-order valence-electron chi connectivity index (χ1n) is 6.74. The van der Waals surface area contributed by atoms with Gasteiger partial charge in [0.05, 0.1) is 5.56 Å². The molecule has 98 valence electrons. The summed E-state index contributed by atoms with van der Waals surface area (Å²) >= 11 is 0. The second-order valence-corrected chi connectivity index (χ2v) is 5.09. The van der Waals surface area contributed by atoms with Crippen LogP contribution in [-0.2, 0) is 4.74 Å². The highest BCUT2D eigenvalue weighted by molar-refractivity contribution is 5.92. The molecule has 1 aliphatic carbocycles. The van der Waals surface area contributed by atoms with Gasteiger partial charge in [-0.1, -0.05) is 18.9 Å². The van der Waals surface area contributed by atoms with Crippen LogP contribution in [0.3, 0.4) is 0 Å². The van der Waals surface area contributed by atoms with Crippen molar-refractivity contribution in [1.82, 2.24) is 0 Å². The third-order valence-electron chi connectivity index (χ3n) is 3.56. The minimum absolute atomic E-state index is 0.0841. The molecule has 0 atom stereocenters. The number of nitrogen functional groups attached to an aromatic ring is 1. The fraction of sp³-hybridized carbons (Fsp3) is 0.533. The molecule has 2 rings (SSSR count). The summed E-state index contributed by atoms with van der Waals surface area (Å²) in [5.41, 5.74) is 7.84. The van der Waals surface area contributed by atoms with Crippen molar-refractivity contribution in [3.63, 3.8) is 0 Å². The summed E-state index contributed by atoms with van der Waals surface area (Å²) < 4.78 is 5.60. The number of esters is 1. The van der Waals surface area contributed by atoms with E-state index in [9.17, 15) is 4.79 Å². The van der Waals surface area contributed by atoms with Crippen molar-refractivity contribution in [2.24, 2.45) is 0 Å². The smallest absolute Gasteiger partial charge is 0.338 e. The van der Waals surface area contributed by atoms with Gasteiger partial charge in [-0.15, -0.1) is 0 Å². The molecule has 1 aromatic carbocycles. The maximum atomic E-state index is 12.1. The third-order valence-corrected chi connectivity index (χ3v) is 3.56. The normalized spacial score (nSPS) is 17.2. The van der Waals surface area contributed by atoms with Crippen molar-refractivity contribution in [3.8, 4) is 0 Å². The Morgan fingerprint density at radius 2 is 1.89 bits per heavy atom. The topological polar surface area (TPSA) is 52.3 Å². The van der Waals surface area contributed by atoms with Crippen LogP contribution in [0, 0.1) is 6.92 Å². The van der Waals surface area contributed by atoms with Gasteiger partial charge in [0.2, 0.25) is 0 Å². The molecule has 1 fully saturated rings. The molecule has 0 radical (unpaired) electrons. The maximum Gasteiger partial charge on any atom is 0.338 e. The van der Waals surface area contributed by atoms with Gasteiger partial charge in [-0.3, -0.25) is 0 Å². The fourth-order valence-corrected chi connectivity index (χ4v) is 2.43. The summed E-state index contributed by atoms with van der Waals surface area (Å²) in [5, 5.41) is 0. The summed E-state index contributed by atoms with van der Waals surface area (Å²) in [6.45, 7) is 1.91. The van der Waals surface area contributed by atoms with Gasteiger partial charge in [-0.25, -0.2) is 4.79 Å². The number of hydrogen-bond donors (Lipinski definition) is 1. The van der Waals surface area contributed by atoms with Gasteiger partial charge in [0.25, 0.3) is 0 Å². The van der Waals surface area contributed by atoms with E-state index in [1.54, 1.807) is 12.1 Å². The van der Waals surface area contributed by atoms with Gasteiger partial charge in [0.15, 0.2) is 0 Å². The predicted molar refractivity (Wildman–Crippen MR) is 72.5 cm³/mol. The first-order chi connectivity index (χ1) is 8.66. The Balaban J connectivity index is 2.04. The lowest BCUT2D eigenvalue weighted by atomic mass is 10.1. The number of carbonyl (C=O) groups excluding carboxylic acids is 1. The van der Waals surface area contributed by atoms with Crippen molar-refractivity contribution in [2.45, 2.75) is 51.6 Å². The fourth-order valence-electron chi connectivity index (χ4n) is 2.43. The molecule has 0 amide bonds. The van der Waals surface area contributed by atoms with Crippen molar-refractivity contribution in [2.75, 3.05) is 5.73 Å². The molecule has 0 spiro atoms. The van der Waals surface area contributed by atoms with Gasteiger partial charge in [0, 0.05) is 5.69 Å². The number of aryl methyl sites for hydroxylation is 1. The Labute approximate surface area is 108 Å². The van der Waals surface area contributed by atoms with Gasteiger partial charge in [0.1, 0.15) is 6.10 Å². The Morgan fingerprint density at radius 1 is 1.22 bits per heavy atom. The Bertz CT molecular complexity index is 421. The predicted octanol–water partition coefficient (Wildman–Crippen LogP) is 3.46. The molecule has 0 saturated heterocycles. The molecule has 18 heavy (non-hydrogen) atoms. The SMILES string of the molecule is Cc1ccc(N)cc1C(=O)OC1CCCCCC1. The van der Waals surface area contributed by atoms with Crippen LogP contribution in [0.2, 0.25) is 0 Å². The van der Waals surface area contributed by atoms with Crippen LogP contribution in [-0.4, -0.2) is 12.1 Å². The second-order valence-electron chi connectivity index (χ2n) is 5.09. The molecule has 0 unspecified atom stereocenters. The monoisotopic (exact) mass is 247 g/mol. The van der Waals surface area contributed by atoms with Crippen LogP contribution < -0.4 is 5.73 Å². The Kier molecular flexibility index (Phi) is 4.24. The lowest BCUT2D eigenvalue weighted by Gasteiger charge is -2.16. The van der Waals surface area contributed by atoms with E-state index in [2.05, 4.69) is 0 Å². The summed E-state index contributed by atoms with van der Waals surface area (Å²) in [6, 6.07) is 5.37. The molecule has 0 aliphatic heterocycles. The Hall–Kier alpha value is -1.51. The average Bonchev–Trinajstić information content (AvgIpc) is 2.61. The second kappa shape index (κ2) is 5.89. The number of ether oxygens (including phenoxy) is 1. The molecule has 0 bridgehead atoms. The summed E-state index contributed by atoms with van der Waals surface area (Å²) in [5.74, 6) is -0.230. The summed E-state index contributed by atoms with van der Waals surface area (Å²) in [4.78, 5) is 12.1. The van der Waals surface area contributed by atoms with Crippen molar-refractivity contribution in [3.05, 3.63) is 29.3 Å². The molecule has 0 heterocycles. The van der Waals surface area contributed by atoms with E-state index in [0.29, 0.717) is 11.3 Å². The van der Waals surface area contributed by atoms with Gasteiger partial charge in [-0.2, -0.15) is 0 Å². The molecule has 1 aromatic rings. The number of carbonyl (C=O) groups is 1. The molecule has 3 nitrogen and oxygen atoms in total. The number of benzene rings is 1. The van der Waals surface area contributed by atoms with Gasteiger partial charge in [-0.05, 0) is 50.3 Å². The average molecular weight is 247 g/mol. The van der Waals surface area contributed by atoms with Crippen LogP contribution in [0.15, 0.2) is 18.2 Å². The van der Waals surface area contributed by atoms with Crippen LogP contribution in [0.4, 0.5) is 5.69 Å². The highest BCUT2D eigenvalue weighted by Crippen LogP contribution is 2.22. The van der Waals surface area contributed by atoms with E-state index in [0.717, 1.165) is 31.2 Å². The number of hydrogen-bond acceptors (Lipinski definition) is 3. The minimum Gasteiger partial charge on any atom is -0.459 e. The van der Waals surface area contributed by atoms with E-state index in [-0.39, 0.29) is 12.1 Å². The summed E-state index contributed by atoms with van der Waals surface area (Å²) in [6.07, 6.45) is 6.90. The van der Waals surface area contributed by atoms with Crippen molar-refractivity contribution in [1.29, 1.82) is 0 Å². The highest BCUT2D eigenvalue weighted by Gasteiger charge is 2.19. The molecule has 1 aliphatic rings.